The van der Waals surface area contributed by atoms with Crippen molar-refractivity contribution in [1.82, 2.24) is 34.8 Å². The lowest BCUT2D eigenvalue weighted by Gasteiger charge is -2.11. The Morgan fingerprint density at radius 1 is 1.26 bits per heavy atom. The monoisotopic (exact) mass is 473 g/mol. The van der Waals surface area contributed by atoms with E-state index in [1.165, 1.54) is 12.1 Å². The van der Waals surface area contributed by atoms with Gasteiger partial charge in [-0.05, 0) is 42.2 Å². The summed E-state index contributed by atoms with van der Waals surface area (Å²) in [7, 11) is 0. The molecular formula is C23H20FN9O2. The van der Waals surface area contributed by atoms with Crippen molar-refractivity contribution in [2.75, 3.05) is 5.32 Å². The predicted molar refractivity (Wildman–Crippen MR) is 125 cm³/mol. The molecule has 4 heterocycles. The summed E-state index contributed by atoms with van der Waals surface area (Å²) in [5.41, 5.74) is 3.25. The highest BCUT2D eigenvalue weighted by Gasteiger charge is 2.20. The van der Waals surface area contributed by atoms with Crippen LogP contribution in [-0.4, -0.2) is 45.9 Å². The average molecular weight is 473 g/mol. The van der Waals surface area contributed by atoms with Crippen LogP contribution in [0, 0.1) is 5.82 Å². The molecule has 35 heavy (non-hydrogen) atoms. The van der Waals surface area contributed by atoms with Gasteiger partial charge in [0.15, 0.2) is 11.1 Å². The van der Waals surface area contributed by atoms with Gasteiger partial charge in [0.2, 0.25) is 5.88 Å². The Hall–Kier alpha value is -4.74. The molecule has 1 saturated carbocycles. The molecule has 1 aliphatic carbocycles. The summed E-state index contributed by atoms with van der Waals surface area (Å²) >= 11 is 0. The molecule has 0 spiro atoms. The van der Waals surface area contributed by atoms with Crippen LogP contribution in [-0.2, 0) is 6.54 Å². The first-order valence-electron chi connectivity index (χ1n) is 11.0. The van der Waals surface area contributed by atoms with Crippen LogP contribution in [0.3, 0.4) is 0 Å². The van der Waals surface area contributed by atoms with Crippen molar-refractivity contribution >= 4 is 17.5 Å². The summed E-state index contributed by atoms with van der Waals surface area (Å²) in [6.45, 7) is 0.309. The van der Waals surface area contributed by atoms with E-state index in [0.717, 1.165) is 29.5 Å². The molecule has 5 aromatic rings. The molecule has 6 rings (SSSR count). The number of hydrogen-bond acceptors (Lipinski definition) is 7. The minimum atomic E-state index is -0.520. The summed E-state index contributed by atoms with van der Waals surface area (Å²) in [5, 5.41) is 25.0. The summed E-state index contributed by atoms with van der Waals surface area (Å²) < 4.78 is 15.7. The van der Waals surface area contributed by atoms with Gasteiger partial charge in [0, 0.05) is 29.6 Å². The van der Waals surface area contributed by atoms with E-state index in [-0.39, 0.29) is 23.4 Å². The number of anilines is 1. The van der Waals surface area contributed by atoms with Crippen molar-refractivity contribution < 1.29 is 9.50 Å². The van der Waals surface area contributed by atoms with Crippen molar-refractivity contribution in [3.8, 4) is 17.0 Å². The number of aromatic amines is 3. The molecular weight excluding hydrogens is 453 g/mol. The Morgan fingerprint density at radius 2 is 2.14 bits per heavy atom. The van der Waals surface area contributed by atoms with Crippen LogP contribution in [0.25, 0.3) is 22.9 Å². The fourth-order valence-electron chi connectivity index (χ4n) is 3.86. The van der Waals surface area contributed by atoms with Crippen LogP contribution in [0.2, 0.25) is 0 Å². The van der Waals surface area contributed by atoms with Crippen LogP contribution in [0.1, 0.15) is 24.1 Å². The number of aromatic nitrogens is 7. The van der Waals surface area contributed by atoms with Gasteiger partial charge in [-0.15, -0.1) is 0 Å². The fraction of sp³-hybridized carbons (Fsp3) is 0.174. The number of H-pyrrole nitrogens is 3. The van der Waals surface area contributed by atoms with Gasteiger partial charge >= 0.3 is 5.69 Å². The molecule has 0 bridgehead atoms. The molecule has 0 saturated heterocycles. The predicted octanol–water partition coefficient (Wildman–Crippen LogP) is 1.20. The largest absolute Gasteiger partial charge is 0.493 e. The van der Waals surface area contributed by atoms with E-state index in [1.54, 1.807) is 41.3 Å². The second-order valence-corrected chi connectivity index (χ2v) is 8.32. The number of fused-ring (bicyclic) bond motifs is 1. The van der Waals surface area contributed by atoms with E-state index in [9.17, 15) is 14.3 Å². The van der Waals surface area contributed by atoms with Gasteiger partial charge in [0.25, 0.3) is 0 Å². The van der Waals surface area contributed by atoms with Gasteiger partial charge in [-0.3, -0.25) is 15.1 Å². The maximum absolute atomic E-state index is 14.0. The van der Waals surface area contributed by atoms with E-state index in [1.807, 2.05) is 0 Å². The van der Waals surface area contributed by atoms with Gasteiger partial charge < -0.3 is 15.4 Å². The van der Waals surface area contributed by atoms with Crippen molar-refractivity contribution in [2.45, 2.75) is 25.4 Å². The smallest absolute Gasteiger partial charge is 0.326 e. The quantitative estimate of drug-likeness (QED) is 0.250. The maximum Gasteiger partial charge on any atom is 0.326 e. The molecule has 0 aliphatic heterocycles. The summed E-state index contributed by atoms with van der Waals surface area (Å²) in [6, 6.07) is 6.65. The molecule has 1 aliphatic rings. The molecule has 11 nitrogen and oxygen atoms in total. The standard InChI is InChI=1S/C23H20FN9O2/c24-15-1-4-17(14-9-26-27-10-14)12(5-15)8-25-19-7-20(29-16-2-3-16)33-21(31-19)13(11-28-33)6-18-22(34)32-23(35)30-18/h1,4-7,9-11,16,25,34H,2-3,8H2,(H,26,27)(H2,30,32,35). The summed E-state index contributed by atoms with van der Waals surface area (Å²) in [5.74, 6) is -0.0829. The molecule has 176 valence electrons. The highest BCUT2D eigenvalue weighted by molar-refractivity contribution is 5.66. The Balaban J connectivity index is 1.42. The number of halogens is 1. The van der Waals surface area contributed by atoms with E-state index in [2.05, 4.69) is 35.6 Å². The number of nitrogens with one attached hydrogen (secondary N) is 4. The van der Waals surface area contributed by atoms with Gasteiger partial charge in [-0.2, -0.15) is 14.7 Å². The van der Waals surface area contributed by atoms with E-state index >= 15 is 0 Å². The van der Waals surface area contributed by atoms with E-state index in [4.69, 9.17) is 4.99 Å². The average Bonchev–Trinajstić information content (AvgIpc) is 3.19. The number of hydrogen-bond donors (Lipinski definition) is 5. The topological polar surface area (TPSA) is 152 Å². The van der Waals surface area contributed by atoms with Gasteiger partial charge in [-0.25, -0.2) is 14.2 Å². The van der Waals surface area contributed by atoms with Crippen LogP contribution in [0.4, 0.5) is 10.2 Å². The molecule has 0 atom stereocenters. The molecule has 12 heteroatoms. The van der Waals surface area contributed by atoms with Crippen molar-refractivity contribution in [1.29, 1.82) is 0 Å². The molecule has 0 radical (unpaired) electrons. The van der Waals surface area contributed by atoms with E-state index in [0.29, 0.717) is 28.7 Å². The minimum absolute atomic E-state index is 0.218. The molecule has 1 fully saturated rings. The first-order valence-corrected chi connectivity index (χ1v) is 11.0. The zero-order chi connectivity index (χ0) is 23.9. The number of nitrogens with zero attached hydrogens (tertiary/aromatic N) is 5. The first-order chi connectivity index (χ1) is 17.0. The Kier molecular flexibility index (Phi) is 4.90. The number of rotatable bonds is 6. The lowest BCUT2D eigenvalue weighted by molar-refractivity contribution is 0.454. The summed E-state index contributed by atoms with van der Waals surface area (Å²) in [4.78, 5) is 25.8. The highest BCUT2D eigenvalue weighted by Crippen LogP contribution is 2.25. The third kappa shape index (κ3) is 4.16. The van der Waals surface area contributed by atoms with Gasteiger partial charge in [0.1, 0.15) is 17.3 Å². The van der Waals surface area contributed by atoms with E-state index < -0.39 is 5.69 Å². The second-order valence-electron chi connectivity index (χ2n) is 8.32. The zero-order valence-electron chi connectivity index (χ0n) is 18.3. The van der Waals surface area contributed by atoms with Crippen LogP contribution < -0.4 is 21.7 Å². The fourth-order valence-corrected chi connectivity index (χ4v) is 3.86. The maximum atomic E-state index is 14.0. The number of imidazole rings is 1. The van der Waals surface area contributed by atoms with Crippen LogP contribution in [0.5, 0.6) is 5.88 Å². The van der Waals surface area contributed by atoms with Crippen LogP contribution in [0.15, 0.2) is 52.6 Å². The summed E-state index contributed by atoms with van der Waals surface area (Å²) in [6.07, 6.45) is 8.64. The number of benzene rings is 1. The van der Waals surface area contributed by atoms with Gasteiger partial charge in [-0.1, -0.05) is 6.07 Å². The third-order valence-electron chi connectivity index (χ3n) is 5.71. The molecule has 5 N–H and O–H groups in total. The third-order valence-corrected chi connectivity index (χ3v) is 5.71. The lowest BCUT2D eigenvalue weighted by Crippen LogP contribution is -2.20. The number of aromatic hydroxyl groups is 1. The highest BCUT2D eigenvalue weighted by atomic mass is 19.1. The van der Waals surface area contributed by atoms with Crippen LogP contribution >= 0.6 is 0 Å². The Bertz CT molecular complexity index is 1710. The molecule has 1 aromatic carbocycles. The van der Waals surface area contributed by atoms with Gasteiger partial charge in [0.05, 0.1) is 18.4 Å². The Labute approximate surface area is 196 Å². The second kappa shape index (κ2) is 8.24. The molecule has 4 aromatic heterocycles. The van der Waals surface area contributed by atoms with Crippen molar-refractivity contribution in [3.05, 3.63) is 81.1 Å². The molecule has 0 unspecified atom stereocenters. The zero-order valence-corrected chi connectivity index (χ0v) is 18.3. The Morgan fingerprint density at radius 3 is 2.89 bits per heavy atom. The minimum Gasteiger partial charge on any atom is -0.493 e. The SMILES string of the molecule is O=c1[nH]c(O)c(C=c2cnn3c(=NC4CC4)cc(NCc4cc(F)ccc4-c4cn[nH]c4)nc23)[nH]1. The normalized spacial score (nSPS) is 14.8. The van der Waals surface area contributed by atoms with Crippen molar-refractivity contribution in [2.24, 2.45) is 4.99 Å². The molecule has 0 amide bonds. The van der Waals surface area contributed by atoms with Crippen molar-refractivity contribution in [3.63, 3.8) is 0 Å². The lowest BCUT2D eigenvalue weighted by atomic mass is 10.0. The first kappa shape index (κ1) is 20.8.